The van der Waals surface area contributed by atoms with Crippen LogP contribution >= 0.6 is 0 Å². The van der Waals surface area contributed by atoms with Crippen LogP contribution in [0.4, 0.5) is 0 Å². The number of nitrogens with zero attached hydrogens (tertiary/aromatic N) is 1. The summed E-state index contributed by atoms with van der Waals surface area (Å²) < 4.78 is 0. The molecule has 2 aliphatic heterocycles. The van der Waals surface area contributed by atoms with Gasteiger partial charge in [0.1, 0.15) is 0 Å². The maximum absolute atomic E-state index is 4.54. The number of dihydropyridines is 1. The molecule has 3 rings (SSSR count). The second-order valence-electron chi connectivity index (χ2n) is 8.13. The van der Waals surface area contributed by atoms with E-state index in [0.717, 1.165) is 42.8 Å². The number of rotatable bonds is 7. The number of allylic oxidation sites excluding steroid dienone is 6. The van der Waals surface area contributed by atoms with E-state index >= 15 is 0 Å². The van der Waals surface area contributed by atoms with Crippen LogP contribution in [0, 0.1) is 11.8 Å². The number of aliphatic imine (C=N–C) groups is 1. The maximum Gasteiger partial charge on any atom is 0.0701 e. The molecule has 1 unspecified atom stereocenters. The summed E-state index contributed by atoms with van der Waals surface area (Å²) in [6.07, 6.45) is 19.1. The van der Waals surface area contributed by atoms with Gasteiger partial charge in [-0.2, -0.15) is 0 Å². The average Bonchev–Trinajstić information content (AvgIpc) is 2.72. The zero-order valence-electron chi connectivity index (χ0n) is 19.5. The quantitative estimate of drug-likeness (QED) is 0.554. The second-order valence-corrected chi connectivity index (χ2v) is 8.13. The highest BCUT2D eigenvalue weighted by Gasteiger charge is 2.21. The van der Waals surface area contributed by atoms with Crippen molar-refractivity contribution >= 4 is 5.71 Å². The van der Waals surface area contributed by atoms with Gasteiger partial charge in [0, 0.05) is 25.5 Å². The normalized spacial score (nSPS) is 22.5. The van der Waals surface area contributed by atoms with Gasteiger partial charge in [0.15, 0.2) is 0 Å². The van der Waals surface area contributed by atoms with E-state index < -0.39 is 0 Å². The molecule has 0 radical (unpaired) electrons. The van der Waals surface area contributed by atoms with Crippen molar-refractivity contribution in [1.29, 1.82) is 0 Å². The Kier molecular flexibility index (Phi) is 10.4. The van der Waals surface area contributed by atoms with Gasteiger partial charge < -0.3 is 16.0 Å². The molecule has 0 saturated carbocycles. The molecule has 0 aromatic carbocycles. The van der Waals surface area contributed by atoms with Gasteiger partial charge in [-0.05, 0) is 68.0 Å². The first kappa shape index (κ1) is 23.9. The first-order valence-corrected chi connectivity index (χ1v) is 11.4. The van der Waals surface area contributed by atoms with Gasteiger partial charge in [-0.3, -0.25) is 4.99 Å². The van der Waals surface area contributed by atoms with E-state index in [1.54, 1.807) is 0 Å². The van der Waals surface area contributed by atoms with E-state index in [4.69, 9.17) is 0 Å². The SMILES string of the molecule is CCC(C)C1CNC1.C\C=C/N=C1\C=C(CNC2=CNCC=C2C)C=C\C1=C/CC. The van der Waals surface area contributed by atoms with Crippen LogP contribution in [0.1, 0.15) is 47.5 Å². The number of hydrogen-bond donors (Lipinski definition) is 3. The summed E-state index contributed by atoms with van der Waals surface area (Å²) in [6.45, 7) is 15.1. The van der Waals surface area contributed by atoms with E-state index in [0.29, 0.717) is 0 Å². The molecule has 2 heterocycles. The van der Waals surface area contributed by atoms with Crippen molar-refractivity contribution in [2.24, 2.45) is 16.8 Å². The molecule has 1 atom stereocenters. The molecule has 0 aromatic rings. The fourth-order valence-corrected chi connectivity index (χ4v) is 3.39. The van der Waals surface area contributed by atoms with Gasteiger partial charge in [0.2, 0.25) is 0 Å². The van der Waals surface area contributed by atoms with Crippen LogP contribution in [-0.2, 0) is 0 Å². The highest BCUT2D eigenvalue weighted by molar-refractivity contribution is 6.12. The highest BCUT2D eigenvalue weighted by Crippen LogP contribution is 2.18. The van der Waals surface area contributed by atoms with Crippen LogP contribution in [0.5, 0.6) is 0 Å². The topological polar surface area (TPSA) is 48.5 Å². The maximum atomic E-state index is 4.54. The zero-order valence-corrected chi connectivity index (χ0v) is 19.5. The van der Waals surface area contributed by atoms with Crippen LogP contribution in [0.3, 0.4) is 0 Å². The van der Waals surface area contributed by atoms with Crippen LogP contribution in [0.25, 0.3) is 0 Å². The molecule has 0 amide bonds. The zero-order chi connectivity index (χ0) is 21.8. The molecule has 1 fully saturated rings. The van der Waals surface area contributed by atoms with Crippen molar-refractivity contribution in [1.82, 2.24) is 16.0 Å². The van der Waals surface area contributed by atoms with Gasteiger partial charge >= 0.3 is 0 Å². The summed E-state index contributed by atoms with van der Waals surface area (Å²) >= 11 is 0. The standard InChI is InChI=1S/C19H25N3.C7H15N/c1-4-6-17-8-7-16(12-18(17)21-10-5-2)13-22-19-14-20-11-9-15(19)3;1-3-6(2)7-4-8-5-7/h5-10,12,14,20,22H,4,11,13H2,1-3H3;6-8H,3-5H2,1-2H3/b10-5-,17-6+,21-18+;. The van der Waals surface area contributed by atoms with Gasteiger partial charge in [0.25, 0.3) is 0 Å². The lowest BCUT2D eigenvalue weighted by molar-refractivity contribution is 0.244. The molecule has 3 N–H and O–H groups in total. The van der Waals surface area contributed by atoms with Crippen molar-refractivity contribution in [3.05, 3.63) is 71.3 Å². The molecule has 0 bridgehead atoms. The van der Waals surface area contributed by atoms with E-state index in [9.17, 15) is 0 Å². The van der Waals surface area contributed by atoms with Crippen molar-refractivity contribution in [2.45, 2.75) is 47.5 Å². The Balaban J connectivity index is 0.000000335. The van der Waals surface area contributed by atoms with Gasteiger partial charge in [-0.25, -0.2) is 0 Å². The minimum absolute atomic E-state index is 0.795. The Hall–Kier alpha value is -2.33. The minimum atomic E-state index is 0.795. The molecule has 4 nitrogen and oxygen atoms in total. The molecular weight excluding hydrogens is 368 g/mol. The van der Waals surface area contributed by atoms with Gasteiger partial charge in [0.05, 0.1) is 11.4 Å². The Bertz CT molecular complexity index is 755. The largest absolute Gasteiger partial charge is 0.386 e. The average molecular weight is 409 g/mol. The lowest BCUT2D eigenvalue weighted by Crippen LogP contribution is -2.45. The van der Waals surface area contributed by atoms with Crippen molar-refractivity contribution in [3.8, 4) is 0 Å². The van der Waals surface area contributed by atoms with Crippen LogP contribution in [0.15, 0.2) is 76.3 Å². The summed E-state index contributed by atoms with van der Waals surface area (Å²) in [6, 6.07) is 0. The smallest absolute Gasteiger partial charge is 0.0701 e. The van der Waals surface area contributed by atoms with Crippen molar-refractivity contribution in [2.75, 3.05) is 26.2 Å². The summed E-state index contributed by atoms with van der Waals surface area (Å²) in [5, 5.41) is 9.99. The summed E-state index contributed by atoms with van der Waals surface area (Å²) in [5.41, 5.74) is 5.90. The molecule has 0 spiro atoms. The molecule has 164 valence electrons. The molecule has 1 aliphatic carbocycles. The predicted molar refractivity (Wildman–Crippen MR) is 132 cm³/mol. The Morgan fingerprint density at radius 1 is 1.27 bits per heavy atom. The van der Waals surface area contributed by atoms with E-state index in [1.807, 2.05) is 25.4 Å². The number of nitrogens with one attached hydrogen (secondary N) is 3. The van der Waals surface area contributed by atoms with Crippen LogP contribution in [-0.4, -0.2) is 31.9 Å². The molecule has 1 saturated heterocycles. The van der Waals surface area contributed by atoms with E-state index in [1.165, 1.54) is 36.2 Å². The lowest BCUT2D eigenvalue weighted by atomic mass is 9.87. The summed E-state index contributed by atoms with van der Waals surface area (Å²) in [7, 11) is 0. The van der Waals surface area contributed by atoms with Crippen molar-refractivity contribution in [3.63, 3.8) is 0 Å². The molecule has 30 heavy (non-hydrogen) atoms. The molecule has 3 aliphatic rings. The second kappa shape index (κ2) is 13.1. The third-order valence-electron chi connectivity index (χ3n) is 5.82. The first-order chi connectivity index (χ1) is 14.6. The van der Waals surface area contributed by atoms with Gasteiger partial charge in [-0.15, -0.1) is 0 Å². The fourth-order valence-electron chi connectivity index (χ4n) is 3.39. The molecule has 0 aromatic heterocycles. The fraction of sp³-hybridized carbons (Fsp3) is 0.500. The Morgan fingerprint density at radius 3 is 2.63 bits per heavy atom. The highest BCUT2D eigenvalue weighted by atomic mass is 15.0. The molecular formula is C26H40N4. The Morgan fingerprint density at radius 2 is 2.07 bits per heavy atom. The number of hydrogen-bond acceptors (Lipinski definition) is 4. The molecule has 4 heteroatoms. The monoisotopic (exact) mass is 408 g/mol. The summed E-state index contributed by atoms with van der Waals surface area (Å²) in [4.78, 5) is 4.54. The van der Waals surface area contributed by atoms with Crippen molar-refractivity contribution < 1.29 is 0 Å². The van der Waals surface area contributed by atoms with Crippen LogP contribution < -0.4 is 16.0 Å². The lowest BCUT2D eigenvalue weighted by Gasteiger charge is -2.31. The minimum Gasteiger partial charge on any atom is -0.386 e. The van der Waals surface area contributed by atoms with E-state index in [-0.39, 0.29) is 0 Å². The van der Waals surface area contributed by atoms with Gasteiger partial charge in [-0.1, -0.05) is 57.6 Å². The third-order valence-corrected chi connectivity index (χ3v) is 5.82. The van der Waals surface area contributed by atoms with Crippen LogP contribution in [0.2, 0.25) is 0 Å². The third kappa shape index (κ3) is 7.49. The predicted octanol–water partition coefficient (Wildman–Crippen LogP) is 5.03. The van der Waals surface area contributed by atoms with E-state index in [2.05, 4.69) is 79.0 Å². The Labute approximate surface area is 183 Å². The summed E-state index contributed by atoms with van der Waals surface area (Å²) in [5.74, 6) is 1.93. The first-order valence-electron chi connectivity index (χ1n) is 11.4.